The smallest absolute Gasteiger partial charge is 0.413 e. The van der Waals surface area contributed by atoms with Crippen LogP contribution < -0.4 is 11.1 Å². The number of aliphatic hydroxyl groups is 1. The number of ether oxygens (including phenoxy) is 2. The fourth-order valence-electron chi connectivity index (χ4n) is 3.45. The highest BCUT2D eigenvalue weighted by atomic mass is 32.2. The molecule has 2 aliphatic heterocycles. The summed E-state index contributed by atoms with van der Waals surface area (Å²) in [6.07, 6.45) is -0.984. The van der Waals surface area contributed by atoms with Crippen LogP contribution in [0.5, 0.6) is 0 Å². The van der Waals surface area contributed by atoms with Gasteiger partial charge in [-0.25, -0.2) is 18.6 Å². The quantitative estimate of drug-likeness (QED) is 0.643. The first-order valence-corrected chi connectivity index (χ1v) is 10.2. The molecule has 0 aliphatic carbocycles. The van der Waals surface area contributed by atoms with E-state index < -0.39 is 53.1 Å². The van der Waals surface area contributed by atoms with E-state index in [1.54, 1.807) is 20.8 Å². The molecule has 1 saturated heterocycles. The van der Waals surface area contributed by atoms with Gasteiger partial charge >= 0.3 is 6.09 Å². The molecule has 2 heterocycles. The van der Waals surface area contributed by atoms with Crippen molar-refractivity contribution in [1.82, 2.24) is 5.32 Å². The van der Waals surface area contributed by atoms with E-state index in [9.17, 15) is 23.5 Å². The van der Waals surface area contributed by atoms with Crippen LogP contribution in [0.4, 0.5) is 13.6 Å². The van der Waals surface area contributed by atoms with Gasteiger partial charge in [0, 0.05) is 29.7 Å². The molecule has 11 heteroatoms. The van der Waals surface area contributed by atoms with E-state index in [-0.39, 0.29) is 22.9 Å². The number of alkyl carbamates (subject to hydrolysis) is 1. The van der Waals surface area contributed by atoms with Crippen LogP contribution in [0.15, 0.2) is 23.2 Å². The van der Waals surface area contributed by atoms with Gasteiger partial charge in [-0.3, -0.25) is 10.1 Å². The molecule has 4 N–H and O–H groups in total. The molecule has 1 aromatic carbocycles. The van der Waals surface area contributed by atoms with Gasteiger partial charge in [-0.2, -0.15) is 0 Å². The first-order valence-electron chi connectivity index (χ1n) is 9.19. The maximum Gasteiger partial charge on any atom is 0.413 e. The monoisotopic (exact) mass is 443 g/mol. The van der Waals surface area contributed by atoms with Gasteiger partial charge in [0.2, 0.25) is 5.79 Å². The molecule has 1 fully saturated rings. The Kier molecular flexibility index (Phi) is 5.82. The molecule has 2 aliphatic rings. The average molecular weight is 443 g/mol. The van der Waals surface area contributed by atoms with Gasteiger partial charge in [0.05, 0.1) is 6.61 Å². The lowest BCUT2D eigenvalue weighted by molar-refractivity contribution is -0.241. The van der Waals surface area contributed by atoms with E-state index in [4.69, 9.17) is 15.2 Å². The largest absolute Gasteiger partial charge is 0.444 e. The molecule has 2 amide bonds. The van der Waals surface area contributed by atoms with Crippen molar-refractivity contribution in [3.05, 3.63) is 35.4 Å². The molecule has 0 saturated carbocycles. The summed E-state index contributed by atoms with van der Waals surface area (Å²) < 4.78 is 38.8. The predicted molar refractivity (Wildman–Crippen MR) is 106 cm³/mol. The number of halogens is 2. The highest BCUT2D eigenvalue weighted by Crippen LogP contribution is 2.48. The van der Waals surface area contributed by atoms with Crippen LogP contribution in [-0.2, 0) is 19.8 Å². The maximum atomic E-state index is 14.7. The van der Waals surface area contributed by atoms with Gasteiger partial charge in [0.1, 0.15) is 22.8 Å². The highest BCUT2D eigenvalue weighted by molar-refractivity contribution is 8.13. The molecular weight excluding hydrogens is 420 g/mol. The van der Waals surface area contributed by atoms with Crippen LogP contribution in [0.2, 0.25) is 0 Å². The second-order valence-electron chi connectivity index (χ2n) is 8.24. The molecule has 3 rings (SSSR count). The van der Waals surface area contributed by atoms with Crippen LogP contribution in [0.1, 0.15) is 32.8 Å². The fraction of sp³-hybridized carbons (Fsp3) is 0.526. The Morgan fingerprint density at radius 3 is 2.70 bits per heavy atom. The number of primary amides is 1. The second-order valence-corrected chi connectivity index (χ2v) is 9.25. The number of carbonyl (C=O) groups is 2. The standard InChI is InChI=1S/C19H23F2N3O5S/c1-17(2,3)29-16(26)23-15-24-18(12-5-4-11(20)6-13(12)21)9-28-19(27,14(22)25)7-10(18)8-30-15/h4-6,10,27H,7-9H2,1-3H3,(H2,22,25)(H,23,24,26)/t10-,18-,19?/m0/s1. The van der Waals surface area contributed by atoms with Crippen LogP contribution in [-0.4, -0.2) is 46.0 Å². The van der Waals surface area contributed by atoms with Gasteiger partial charge in [-0.1, -0.05) is 17.8 Å². The van der Waals surface area contributed by atoms with Crippen LogP contribution in [0.25, 0.3) is 0 Å². The van der Waals surface area contributed by atoms with E-state index in [2.05, 4.69) is 10.3 Å². The Hall–Kier alpha value is -2.24. The SMILES string of the molecule is CC(C)(C)OC(=O)NC1=N[C@@]2(c3ccc(F)cc3F)COC(O)(C(N)=O)C[C@H]2CS1. The van der Waals surface area contributed by atoms with Crippen molar-refractivity contribution in [1.29, 1.82) is 0 Å². The van der Waals surface area contributed by atoms with E-state index in [0.717, 1.165) is 17.8 Å². The maximum absolute atomic E-state index is 14.7. The zero-order valence-corrected chi connectivity index (χ0v) is 17.5. The van der Waals surface area contributed by atoms with Gasteiger partial charge in [0.25, 0.3) is 5.91 Å². The zero-order valence-electron chi connectivity index (χ0n) is 16.7. The minimum Gasteiger partial charge on any atom is -0.444 e. The average Bonchev–Trinajstić information content (AvgIpc) is 2.60. The summed E-state index contributed by atoms with van der Waals surface area (Å²) in [5, 5.41) is 13.1. The Balaban J connectivity index is 2.00. The molecule has 164 valence electrons. The number of nitrogens with one attached hydrogen (secondary N) is 1. The number of aliphatic imine (C=N–C) groups is 1. The summed E-state index contributed by atoms with van der Waals surface area (Å²) in [6.45, 7) is 4.70. The molecule has 0 spiro atoms. The molecule has 1 aromatic rings. The minimum atomic E-state index is -2.23. The number of fused-ring (bicyclic) bond motifs is 1. The number of nitrogens with two attached hydrogens (primary N) is 1. The molecule has 30 heavy (non-hydrogen) atoms. The molecule has 0 bridgehead atoms. The number of benzene rings is 1. The predicted octanol–water partition coefficient (Wildman–Crippen LogP) is 2.00. The summed E-state index contributed by atoms with van der Waals surface area (Å²) in [5.41, 5.74) is 3.13. The van der Waals surface area contributed by atoms with Crippen molar-refractivity contribution < 1.29 is 33.0 Å². The molecular formula is C19H23F2N3O5S. The summed E-state index contributed by atoms with van der Waals surface area (Å²) in [6, 6.07) is 3.03. The summed E-state index contributed by atoms with van der Waals surface area (Å²) >= 11 is 1.14. The van der Waals surface area contributed by atoms with E-state index in [1.807, 2.05) is 0 Å². The first kappa shape index (κ1) is 22.4. The highest BCUT2D eigenvalue weighted by Gasteiger charge is 2.56. The van der Waals surface area contributed by atoms with E-state index >= 15 is 0 Å². The number of amidine groups is 1. The summed E-state index contributed by atoms with van der Waals surface area (Å²) in [4.78, 5) is 28.3. The zero-order chi connectivity index (χ0) is 22.3. The molecule has 8 nitrogen and oxygen atoms in total. The van der Waals surface area contributed by atoms with Crippen molar-refractivity contribution in [3.8, 4) is 0 Å². The molecule has 0 radical (unpaired) electrons. The number of hydrogen-bond donors (Lipinski definition) is 3. The van der Waals surface area contributed by atoms with Gasteiger partial charge in [-0.05, 0) is 26.8 Å². The van der Waals surface area contributed by atoms with Crippen LogP contribution in [0.3, 0.4) is 0 Å². The van der Waals surface area contributed by atoms with Crippen molar-refractivity contribution in [2.24, 2.45) is 16.6 Å². The number of thioether (sulfide) groups is 1. The third kappa shape index (κ3) is 4.42. The Morgan fingerprint density at radius 1 is 1.40 bits per heavy atom. The third-order valence-electron chi connectivity index (χ3n) is 4.84. The topological polar surface area (TPSA) is 123 Å². The van der Waals surface area contributed by atoms with Crippen LogP contribution >= 0.6 is 11.8 Å². The Labute approximate surface area is 176 Å². The lowest BCUT2D eigenvalue weighted by Gasteiger charge is -2.48. The number of nitrogens with zero attached hydrogens (tertiary/aromatic N) is 1. The third-order valence-corrected chi connectivity index (χ3v) is 5.88. The summed E-state index contributed by atoms with van der Waals surface area (Å²) in [5.74, 6) is -5.25. The first-order chi connectivity index (χ1) is 13.8. The van der Waals surface area contributed by atoms with Crippen molar-refractivity contribution in [2.45, 2.75) is 44.1 Å². The molecule has 1 unspecified atom stereocenters. The lowest BCUT2D eigenvalue weighted by atomic mass is 9.74. The number of carbonyl (C=O) groups excluding carboxylic acids is 2. The van der Waals surface area contributed by atoms with Gasteiger partial charge in [0.15, 0.2) is 5.17 Å². The molecule has 0 aromatic heterocycles. The second kappa shape index (κ2) is 7.78. The number of amides is 2. The Morgan fingerprint density at radius 2 is 2.10 bits per heavy atom. The minimum absolute atomic E-state index is 0.0178. The lowest BCUT2D eigenvalue weighted by Crippen LogP contribution is -2.59. The Bertz CT molecular complexity index is 907. The van der Waals surface area contributed by atoms with Crippen LogP contribution in [0, 0.1) is 17.6 Å². The molecule has 3 atom stereocenters. The van der Waals surface area contributed by atoms with E-state index in [0.29, 0.717) is 6.07 Å². The van der Waals surface area contributed by atoms with Gasteiger partial charge in [-0.15, -0.1) is 0 Å². The van der Waals surface area contributed by atoms with E-state index in [1.165, 1.54) is 6.07 Å². The van der Waals surface area contributed by atoms with Crippen molar-refractivity contribution in [3.63, 3.8) is 0 Å². The number of rotatable bonds is 2. The van der Waals surface area contributed by atoms with Crippen molar-refractivity contribution in [2.75, 3.05) is 12.4 Å². The normalized spacial score (nSPS) is 28.9. The fourth-order valence-corrected chi connectivity index (χ4v) is 4.58. The van der Waals surface area contributed by atoms with Gasteiger partial charge < -0.3 is 20.3 Å². The number of hydrogen-bond acceptors (Lipinski definition) is 7. The summed E-state index contributed by atoms with van der Waals surface area (Å²) in [7, 11) is 0. The van der Waals surface area contributed by atoms with Crippen molar-refractivity contribution >= 4 is 28.9 Å².